The minimum Gasteiger partial charge on any atom is -0.361 e. The molecular formula is C15H27N5O. The van der Waals surface area contributed by atoms with Gasteiger partial charge in [-0.25, -0.2) is 4.99 Å². The molecule has 2 rings (SSSR count). The van der Waals surface area contributed by atoms with Crippen molar-refractivity contribution in [3.63, 3.8) is 0 Å². The van der Waals surface area contributed by atoms with E-state index in [4.69, 9.17) is 4.52 Å². The summed E-state index contributed by atoms with van der Waals surface area (Å²) in [5.74, 6) is 1.71. The highest BCUT2D eigenvalue weighted by Crippen LogP contribution is 2.14. The fraction of sp³-hybridized carbons (Fsp3) is 0.733. The third-order valence-corrected chi connectivity index (χ3v) is 4.10. The maximum atomic E-state index is 5.18. The Morgan fingerprint density at radius 3 is 2.81 bits per heavy atom. The van der Waals surface area contributed by atoms with Crippen molar-refractivity contribution in [2.24, 2.45) is 4.99 Å². The van der Waals surface area contributed by atoms with Gasteiger partial charge in [0.25, 0.3) is 0 Å². The van der Waals surface area contributed by atoms with Crippen LogP contribution in [0.1, 0.15) is 36.8 Å². The lowest BCUT2D eigenvalue weighted by Gasteiger charge is -2.21. The lowest BCUT2D eigenvalue weighted by Crippen LogP contribution is -2.44. The Labute approximate surface area is 127 Å². The van der Waals surface area contributed by atoms with Crippen molar-refractivity contribution in [3.05, 3.63) is 17.0 Å². The lowest BCUT2D eigenvalue weighted by molar-refractivity contribution is 0.309. The number of aliphatic imine (C=N–C) groups is 1. The van der Waals surface area contributed by atoms with E-state index in [1.165, 1.54) is 19.4 Å². The summed E-state index contributed by atoms with van der Waals surface area (Å²) in [5.41, 5.74) is 1.99. The number of hydrogen-bond donors (Lipinski definition) is 2. The Balaban J connectivity index is 1.92. The predicted octanol–water partition coefficient (Wildman–Crippen LogP) is 1.44. The molecular weight excluding hydrogens is 266 g/mol. The Kier molecular flexibility index (Phi) is 5.61. The Morgan fingerprint density at radius 1 is 1.43 bits per heavy atom. The molecule has 1 fully saturated rings. The fourth-order valence-electron chi connectivity index (χ4n) is 2.68. The van der Waals surface area contributed by atoms with Gasteiger partial charge in [-0.05, 0) is 47.2 Å². The van der Waals surface area contributed by atoms with Gasteiger partial charge in [0.1, 0.15) is 5.76 Å². The Morgan fingerprint density at radius 2 is 2.24 bits per heavy atom. The van der Waals surface area contributed by atoms with Gasteiger partial charge in [-0.15, -0.1) is 0 Å². The molecule has 1 saturated heterocycles. The molecule has 0 amide bonds. The summed E-state index contributed by atoms with van der Waals surface area (Å²) in [5, 5.41) is 10.7. The van der Waals surface area contributed by atoms with Gasteiger partial charge >= 0.3 is 0 Å². The summed E-state index contributed by atoms with van der Waals surface area (Å²) in [6.07, 6.45) is 2.54. The van der Waals surface area contributed by atoms with Gasteiger partial charge in [-0.3, -0.25) is 0 Å². The van der Waals surface area contributed by atoms with Crippen LogP contribution in [0.3, 0.4) is 0 Å². The van der Waals surface area contributed by atoms with Crippen molar-refractivity contribution in [1.82, 2.24) is 20.7 Å². The summed E-state index contributed by atoms with van der Waals surface area (Å²) >= 11 is 0. The van der Waals surface area contributed by atoms with Gasteiger partial charge in [-0.1, -0.05) is 5.16 Å². The van der Waals surface area contributed by atoms with E-state index in [-0.39, 0.29) is 0 Å². The van der Waals surface area contributed by atoms with Gasteiger partial charge in [0.15, 0.2) is 5.96 Å². The molecule has 0 aliphatic carbocycles. The molecule has 6 nitrogen and oxygen atoms in total. The van der Waals surface area contributed by atoms with Crippen LogP contribution in [-0.4, -0.2) is 48.7 Å². The van der Waals surface area contributed by atoms with Gasteiger partial charge < -0.3 is 20.1 Å². The van der Waals surface area contributed by atoms with E-state index in [1.54, 1.807) is 0 Å². The largest absolute Gasteiger partial charge is 0.361 e. The maximum Gasteiger partial charge on any atom is 0.191 e. The van der Waals surface area contributed by atoms with Crippen molar-refractivity contribution >= 4 is 5.96 Å². The summed E-state index contributed by atoms with van der Waals surface area (Å²) in [4.78, 5) is 7.05. The molecule has 0 saturated carbocycles. The van der Waals surface area contributed by atoms with Crippen LogP contribution in [0.2, 0.25) is 0 Å². The summed E-state index contributed by atoms with van der Waals surface area (Å²) in [7, 11) is 2.19. The van der Waals surface area contributed by atoms with Gasteiger partial charge in [0.05, 0.1) is 12.2 Å². The highest BCUT2D eigenvalue weighted by atomic mass is 16.5. The molecule has 6 heteroatoms. The molecule has 1 aromatic heterocycles. The SMILES string of the molecule is CCNC(=NCc1c(C)noc1C)NCC1CCCN1C. The van der Waals surface area contributed by atoms with Crippen LogP contribution in [-0.2, 0) is 6.54 Å². The molecule has 0 aromatic carbocycles. The number of likely N-dealkylation sites (tertiary alicyclic amines) is 1. The van der Waals surface area contributed by atoms with E-state index in [1.807, 2.05) is 13.8 Å². The van der Waals surface area contributed by atoms with Crippen molar-refractivity contribution in [1.29, 1.82) is 0 Å². The second-order valence-electron chi connectivity index (χ2n) is 5.66. The van der Waals surface area contributed by atoms with Crippen molar-refractivity contribution in [2.75, 3.05) is 26.7 Å². The number of guanidine groups is 1. The zero-order valence-corrected chi connectivity index (χ0v) is 13.6. The van der Waals surface area contributed by atoms with Crippen molar-refractivity contribution < 1.29 is 4.52 Å². The second-order valence-corrected chi connectivity index (χ2v) is 5.66. The Hall–Kier alpha value is -1.56. The van der Waals surface area contributed by atoms with Crippen LogP contribution >= 0.6 is 0 Å². The van der Waals surface area contributed by atoms with Crippen LogP contribution in [0, 0.1) is 13.8 Å². The first kappa shape index (κ1) is 15.8. The average molecular weight is 293 g/mol. The standard InChI is InChI=1S/C15H27N5O/c1-5-16-15(17-9-13-7-6-8-20(13)4)18-10-14-11(2)19-21-12(14)3/h13H,5-10H2,1-4H3,(H2,16,17,18). The third-order valence-electron chi connectivity index (χ3n) is 4.10. The number of likely N-dealkylation sites (N-methyl/N-ethyl adjacent to an activating group) is 1. The van der Waals surface area contributed by atoms with Gasteiger partial charge in [-0.2, -0.15) is 0 Å². The number of hydrogen-bond acceptors (Lipinski definition) is 4. The third kappa shape index (κ3) is 4.20. The average Bonchev–Trinajstić information content (AvgIpc) is 3.00. The molecule has 0 spiro atoms. The summed E-state index contributed by atoms with van der Waals surface area (Å²) in [6, 6.07) is 0.605. The zero-order chi connectivity index (χ0) is 15.2. The molecule has 1 atom stereocenters. The van der Waals surface area contributed by atoms with E-state index in [0.29, 0.717) is 12.6 Å². The van der Waals surface area contributed by atoms with Crippen LogP contribution in [0.25, 0.3) is 0 Å². The molecule has 118 valence electrons. The molecule has 21 heavy (non-hydrogen) atoms. The first-order valence-corrected chi connectivity index (χ1v) is 7.76. The monoisotopic (exact) mass is 293 g/mol. The first-order valence-electron chi connectivity index (χ1n) is 7.76. The number of aromatic nitrogens is 1. The minimum atomic E-state index is 0.594. The van der Waals surface area contributed by atoms with E-state index in [2.05, 4.69) is 39.7 Å². The smallest absolute Gasteiger partial charge is 0.191 e. The molecule has 0 radical (unpaired) electrons. The van der Waals surface area contributed by atoms with E-state index in [0.717, 1.165) is 36.1 Å². The highest BCUT2D eigenvalue weighted by Gasteiger charge is 2.20. The summed E-state index contributed by atoms with van der Waals surface area (Å²) in [6.45, 7) is 9.54. The van der Waals surface area contributed by atoms with Crippen LogP contribution in [0.4, 0.5) is 0 Å². The normalized spacial score (nSPS) is 20.0. The fourth-order valence-corrected chi connectivity index (χ4v) is 2.68. The molecule has 1 aromatic rings. The predicted molar refractivity (Wildman–Crippen MR) is 84.4 cm³/mol. The van der Waals surface area contributed by atoms with Crippen LogP contribution in [0.15, 0.2) is 9.52 Å². The lowest BCUT2D eigenvalue weighted by atomic mass is 10.2. The van der Waals surface area contributed by atoms with E-state index < -0.39 is 0 Å². The van der Waals surface area contributed by atoms with Crippen LogP contribution < -0.4 is 10.6 Å². The number of aryl methyl sites for hydroxylation is 2. The van der Waals surface area contributed by atoms with Gasteiger partial charge in [0.2, 0.25) is 0 Å². The van der Waals surface area contributed by atoms with E-state index >= 15 is 0 Å². The number of rotatable bonds is 5. The quantitative estimate of drug-likeness (QED) is 0.635. The summed E-state index contributed by atoms with van der Waals surface area (Å²) < 4.78 is 5.18. The molecule has 1 unspecified atom stereocenters. The number of nitrogens with zero attached hydrogens (tertiary/aromatic N) is 3. The molecule has 0 bridgehead atoms. The topological polar surface area (TPSA) is 65.7 Å². The molecule has 1 aliphatic rings. The molecule has 2 heterocycles. The van der Waals surface area contributed by atoms with Crippen molar-refractivity contribution in [3.8, 4) is 0 Å². The van der Waals surface area contributed by atoms with E-state index in [9.17, 15) is 0 Å². The molecule has 1 aliphatic heterocycles. The maximum absolute atomic E-state index is 5.18. The second kappa shape index (κ2) is 7.45. The first-order chi connectivity index (χ1) is 10.1. The number of nitrogens with one attached hydrogen (secondary N) is 2. The minimum absolute atomic E-state index is 0.594. The molecule has 2 N–H and O–H groups in total. The van der Waals surface area contributed by atoms with Crippen molar-refractivity contribution in [2.45, 2.75) is 46.2 Å². The Bertz CT molecular complexity index is 463. The zero-order valence-electron chi connectivity index (χ0n) is 13.6. The highest BCUT2D eigenvalue weighted by molar-refractivity contribution is 5.79. The van der Waals surface area contributed by atoms with Gasteiger partial charge in [0, 0.05) is 24.7 Å². The van der Waals surface area contributed by atoms with Crippen LogP contribution in [0.5, 0.6) is 0 Å².